The van der Waals surface area contributed by atoms with Gasteiger partial charge in [-0.15, -0.1) is 0 Å². The monoisotopic (exact) mass is 259 g/mol. The fourth-order valence-corrected chi connectivity index (χ4v) is 2.00. The van der Waals surface area contributed by atoms with Crippen molar-refractivity contribution < 1.29 is 4.74 Å². The van der Waals surface area contributed by atoms with Gasteiger partial charge in [0.1, 0.15) is 11.6 Å². The van der Waals surface area contributed by atoms with Crippen molar-refractivity contribution in [1.29, 1.82) is 0 Å². The second-order valence-corrected chi connectivity index (χ2v) is 4.66. The lowest BCUT2D eigenvalue weighted by Crippen LogP contribution is -2.12. The topological polar surface area (TPSA) is 49.9 Å². The molecular formula is C15H21N3O. The van der Waals surface area contributed by atoms with Crippen LogP contribution in [0.3, 0.4) is 0 Å². The summed E-state index contributed by atoms with van der Waals surface area (Å²) in [4.78, 5) is 7.72. The Balaban J connectivity index is 2.35. The number of benzene rings is 1. The molecule has 0 atom stereocenters. The SMILES string of the molecule is CCNCc1ncc(-c2cc(C)c(C)cc2OC)[nH]1. The van der Waals surface area contributed by atoms with Gasteiger partial charge in [0.25, 0.3) is 0 Å². The highest BCUT2D eigenvalue weighted by Gasteiger charge is 2.10. The maximum absolute atomic E-state index is 5.46. The molecule has 0 aliphatic rings. The number of rotatable bonds is 5. The molecule has 4 nitrogen and oxygen atoms in total. The van der Waals surface area contributed by atoms with Gasteiger partial charge in [0.2, 0.25) is 0 Å². The summed E-state index contributed by atoms with van der Waals surface area (Å²) in [6.07, 6.45) is 1.86. The largest absolute Gasteiger partial charge is 0.496 e. The zero-order chi connectivity index (χ0) is 13.8. The highest BCUT2D eigenvalue weighted by molar-refractivity contribution is 5.68. The third kappa shape index (κ3) is 2.96. The van der Waals surface area contributed by atoms with E-state index in [9.17, 15) is 0 Å². The van der Waals surface area contributed by atoms with E-state index < -0.39 is 0 Å². The Bertz CT molecular complexity index is 561. The summed E-state index contributed by atoms with van der Waals surface area (Å²) in [6.45, 7) is 7.96. The van der Waals surface area contributed by atoms with E-state index >= 15 is 0 Å². The van der Waals surface area contributed by atoms with Gasteiger partial charge in [0.05, 0.1) is 25.5 Å². The minimum atomic E-state index is 0.754. The van der Waals surface area contributed by atoms with Crippen molar-refractivity contribution in [2.24, 2.45) is 0 Å². The van der Waals surface area contributed by atoms with E-state index in [1.54, 1.807) is 7.11 Å². The molecule has 0 spiro atoms. The van der Waals surface area contributed by atoms with Crippen LogP contribution in [0, 0.1) is 13.8 Å². The van der Waals surface area contributed by atoms with Crippen molar-refractivity contribution in [2.75, 3.05) is 13.7 Å². The second kappa shape index (κ2) is 5.89. The molecule has 0 fully saturated rings. The average molecular weight is 259 g/mol. The molecule has 0 amide bonds. The molecule has 0 bridgehead atoms. The maximum Gasteiger partial charge on any atom is 0.128 e. The Morgan fingerprint density at radius 1 is 1.26 bits per heavy atom. The number of aromatic amines is 1. The zero-order valence-electron chi connectivity index (χ0n) is 12.0. The molecule has 0 aliphatic carbocycles. The predicted molar refractivity (Wildman–Crippen MR) is 77.4 cm³/mol. The fourth-order valence-electron chi connectivity index (χ4n) is 2.00. The first-order chi connectivity index (χ1) is 9.15. The summed E-state index contributed by atoms with van der Waals surface area (Å²) < 4.78 is 5.46. The summed E-state index contributed by atoms with van der Waals surface area (Å²) >= 11 is 0. The van der Waals surface area contributed by atoms with Crippen LogP contribution in [0.15, 0.2) is 18.3 Å². The van der Waals surface area contributed by atoms with Crippen LogP contribution in [-0.4, -0.2) is 23.6 Å². The van der Waals surface area contributed by atoms with Crippen LogP contribution in [0.1, 0.15) is 23.9 Å². The van der Waals surface area contributed by atoms with Gasteiger partial charge in [-0.2, -0.15) is 0 Å². The third-order valence-corrected chi connectivity index (χ3v) is 3.28. The number of aryl methyl sites for hydroxylation is 2. The molecule has 0 unspecified atom stereocenters. The number of hydrogen-bond donors (Lipinski definition) is 2. The predicted octanol–water partition coefficient (Wildman–Crippen LogP) is 2.81. The van der Waals surface area contributed by atoms with Gasteiger partial charge in [0, 0.05) is 5.56 Å². The molecule has 0 saturated carbocycles. The normalized spacial score (nSPS) is 10.7. The van der Waals surface area contributed by atoms with Crippen molar-refractivity contribution in [3.63, 3.8) is 0 Å². The van der Waals surface area contributed by atoms with Gasteiger partial charge < -0.3 is 15.0 Å². The van der Waals surface area contributed by atoms with Gasteiger partial charge in [-0.1, -0.05) is 6.92 Å². The van der Waals surface area contributed by atoms with Crippen LogP contribution in [0.25, 0.3) is 11.3 Å². The molecule has 0 radical (unpaired) electrons. The Morgan fingerprint density at radius 3 is 2.68 bits per heavy atom. The van der Waals surface area contributed by atoms with Crippen LogP contribution in [0.4, 0.5) is 0 Å². The molecule has 0 saturated heterocycles. The van der Waals surface area contributed by atoms with E-state index in [1.165, 1.54) is 11.1 Å². The van der Waals surface area contributed by atoms with E-state index in [1.807, 2.05) is 6.20 Å². The molecule has 19 heavy (non-hydrogen) atoms. The number of H-pyrrole nitrogens is 1. The van der Waals surface area contributed by atoms with Gasteiger partial charge in [-0.3, -0.25) is 0 Å². The lowest BCUT2D eigenvalue weighted by molar-refractivity contribution is 0.416. The molecule has 2 N–H and O–H groups in total. The Kier molecular flexibility index (Phi) is 4.22. The second-order valence-electron chi connectivity index (χ2n) is 4.66. The number of imidazole rings is 1. The van der Waals surface area contributed by atoms with Gasteiger partial charge >= 0.3 is 0 Å². The maximum atomic E-state index is 5.46. The van der Waals surface area contributed by atoms with Crippen molar-refractivity contribution in [1.82, 2.24) is 15.3 Å². The Hall–Kier alpha value is -1.81. The van der Waals surface area contributed by atoms with Crippen LogP contribution < -0.4 is 10.1 Å². The number of hydrogen-bond acceptors (Lipinski definition) is 3. The molecule has 1 aromatic carbocycles. The minimum Gasteiger partial charge on any atom is -0.496 e. The highest BCUT2D eigenvalue weighted by atomic mass is 16.5. The number of methoxy groups -OCH3 is 1. The Morgan fingerprint density at radius 2 is 2.00 bits per heavy atom. The standard InChI is InChI=1S/C15H21N3O/c1-5-16-9-15-17-8-13(18-15)12-6-10(2)11(3)7-14(12)19-4/h6-8,16H,5,9H2,1-4H3,(H,17,18). The van der Waals surface area contributed by atoms with E-state index in [0.29, 0.717) is 0 Å². The van der Waals surface area contributed by atoms with Gasteiger partial charge in [0.15, 0.2) is 0 Å². The molecule has 102 valence electrons. The van der Waals surface area contributed by atoms with Crippen LogP contribution in [0.5, 0.6) is 5.75 Å². The van der Waals surface area contributed by atoms with E-state index in [-0.39, 0.29) is 0 Å². The number of nitrogens with zero attached hydrogens (tertiary/aromatic N) is 1. The Labute approximate surface area is 114 Å². The molecule has 4 heteroatoms. The number of nitrogens with one attached hydrogen (secondary N) is 2. The molecular weight excluding hydrogens is 238 g/mol. The minimum absolute atomic E-state index is 0.754. The quantitative estimate of drug-likeness (QED) is 0.868. The first kappa shape index (κ1) is 13.6. The summed E-state index contributed by atoms with van der Waals surface area (Å²) in [5.74, 6) is 1.82. The summed E-state index contributed by atoms with van der Waals surface area (Å²) in [5, 5.41) is 3.25. The molecule has 2 rings (SSSR count). The van der Waals surface area contributed by atoms with E-state index in [4.69, 9.17) is 4.74 Å². The zero-order valence-corrected chi connectivity index (χ0v) is 12.0. The fraction of sp³-hybridized carbons (Fsp3) is 0.400. The van der Waals surface area contributed by atoms with E-state index in [2.05, 4.69) is 48.2 Å². The molecule has 1 aromatic heterocycles. The summed E-state index contributed by atoms with van der Waals surface area (Å²) in [7, 11) is 1.70. The molecule has 2 aromatic rings. The van der Waals surface area contributed by atoms with Crippen LogP contribution in [0.2, 0.25) is 0 Å². The molecule has 0 aliphatic heterocycles. The first-order valence-corrected chi connectivity index (χ1v) is 6.56. The molecule has 1 heterocycles. The summed E-state index contributed by atoms with van der Waals surface area (Å²) in [5.41, 5.74) is 4.53. The lowest BCUT2D eigenvalue weighted by Gasteiger charge is -2.10. The van der Waals surface area contributed by atoms with Crippen molar-refractivity contribution in [3.05, 3.63) is 35.3 Å². The lowest BCUT2D eigenvalue weighted by atomic mass is 10.0. The van der Waals surface area contributed by atoms with Crippen molar-refractivity contribution in [3.8, 4) is 17.0 Å². The van der Waals surface area contributed by atoms with Crippen molar-refractivity contribution >= 4 is 0 Å². The van der Waals surface area contributed by atoms with Crippen LogP contribution >= 0.6 is 0 Å². The van der Waals surface area contributed by atoms with Gasteiger partial charge in [-0.25, -0.2) is 4.98 Å². The number of ether oxygens (including phenoxy) is 1. The first-order valence-electron chi connectivity index (χ1n) is 6.56. The average Bonchev–Trinajstić information content (AvgIpc) is 2.87. The smallest absolute Gasteiger partial charge is 0.128 e. The number of aromatic nitrogens is 2. The third-order valence-electron chi connectivity index (χ3n) is 3.28. The van der Waals surface area contributed by atoms with Crippen LogP contribution in [-0.2, 0) is 6.54 Å². The highest BCUT2D eigenvalue weighted by Crippen LogP contribution is 2.31. The summed E-state index contributed by atoms with van der Waals surface area (Å²) in [6, 6.07) is 4.20. The van der Waals surface area contributed by atoms with Crippen molar-refractivity contribution in [2.45, 2.75) is 27.3 Å². The van der Waals surface area contributed by atoms with E-state index in [0.717, 1.165) is 35.9 Å². The van der Waals surface area contributed by atoms with Gasteiger partial charge in [-0.05, 0) is 43.7 Å².